The first-order valence-electron chi connectivity index (χ1n) is 7.68. The fourth-order valence-electron chi connectivity index (χ4n) is 5.34. The Balaban J connectivity index is 1.72. The Morgan fingerprint density at radius 3 is 2.29 bits per heavy atom. The second-order valence-electron chi connectivity index (χ2n) is 7.69. The molecular formula is C16H28O. The van der Waals surface area contributed by atoms with Gasteiger partial charge >= 0.3 is 0 Å². The number of hydrogen-bond donors (Lipinski definition) is 1. The van der Waals surface area contributed by atoms with Gasteiger partial charge in [0.05, 0.1) is 6.10 Å². The summed E-state index contributed by atoms with van der Waals surface area (Å²) in [5, 5.41) is 9.88. The van der Waals surface area contributed by atoms with Crippen LogP contribution in [0.3, 0.4) is 0 Å². The van der Waals surface area contributed by atoms with Crippen molar-refractivity contribution < 1.29 is 5.11 Å². The van der Waals surface area contributed by atoms with Crippen LogP contribution in [0.15, 0.2) is 0 Å². The fourth-order valence-corrected chi connectivity index (χ4v) is 5.34. The maximum absolute atomic E-state index is 9.88. The van der Waals surface area contributed by atoms with Crippen LogP contribution in [0.4, 0.5) is 0 Å². The number of aliphatic hydroxyl groups is 1. The molecule has 3 saturated carbocycles. The molecule has 0 aromatic carbocycles. The Hall–Kier alpha value is -0.0400. The van der Waals surface area contributed by atoms with Gasteiger partial charge in [-0.25, -0.2) is 0 Å². The van der Waals surface area contributed by atoms with Gasteiger partial charge in [-0.3, -0.25) is 0 Å². The van der Waals surface area contributed by atoms with E-state index >= 15 is 0 Å². The van der Waals surface area contributed by atoms with E-state index in [1.54, 1.807) is 0 Å². The van der Waals surface area contributed by atoms with Gasteiger partial charge < -0.3 is 5.11 Å². The molecule has 0 heterocycles. The highest BCUT2D eigenvalue weighted by atomic mass is 16.3. The van der Waals surface area contributed by atoms with Crippen LogP contribution >= 0.6 is 0 Å². The van der Waals surface area contributed by atoms with Crippen molar-refractivity contribution in [3.8, 4) is 0 Å². The molecule has 0 amide bonds. The van der Waals surface area contributed by atoms with Gasteiger partial charge in [0.1, 0.15) is 0 Å². The average Bonchev–Trinajstić information content (AvgIpc) is 2.79. The summed E-state index contributed by atoms with van der Waals surface area (Å²) in [6.45, 7) is 7.44. The lowest BCUT2D eigenvalue weighted by atomic mass is 9.62. The van der Waals surface area contributed by atoms with E-state index in [0.717, 1.165) is 42.4 Å². The van der Waals surface area contributed by atoms with Crippen LogP contribution in [0.1, 0.15) is 59.3 Å². The van der Waals surface area contributed by atoms with Gasteiger partial charge in [-0.05, 0) is 67.1 Å². The first-order chi connectivity index (χ1) is 8.00. The van der Waals surface area contributed by atoms with E-state index in [1.807, 2.05) is 0 Å². The maximum Gasteiger partial charge on any atom is 0.0543 e. The third-order valence-electron chi connectivity index (χ3n) is 6.82. The molecule has 2 bridgehead atoms. The van der Waals surface area contributed by atoms with E-state index < -0.39 is 0 Å². The predicted octanol–water partition coefficient (Wildman–Crippen LogP) is 3.86. The lowest BCUT2D eigenvalue weighted by molar-refractivity contribution is 0.0247. The summed E-state index contributed by atoms with van der Waals surface area (Å²) < 4.78 is 0. The zero-order chi connectivity index (χ0) is 12.2. The molecule has 1 N–H and O–H groups in total. The van der Waals surface area contributed by atoms with Gasteiger partial charge in [0.15, 0.2) is 0 Å². The Labute approximate surface area is 106 Å². The van der Waals surface area contributed by atoms with E-state index in [-0.39, 0.29) is 6.10 Å². The molecule has 17 heavy (non-hydrogen) atoms. The van der Waals surface area contributed by atoms with Gasteiger partial charge in [-0.2, -0.15) is 0 Å². The Bertz CT molecular complexity index is 292. The van der Waals surface area contributed by atoms with Crippen molar-refractivity contribution >= 4 is 0 Å². The number of aliphatic hydroxyl groups excluding tert-OH is 1. The van der Waals surface area contributed by atoms with Crippen molar-refractivity contribution in [3.05, 3.63) is 0 Å². The van der Waals surface area contributed by atoms with Crippen LogP contribution in [0.25, 0.3) is 0 Å². The van der Waals surface area contributed by atoms with E-state index in [9.17, 15) is 5.11 Å². The molecule has 0 radical (unpaired) electrons. The topological polar surface area (TPSA) is 20.2 Å². The van der Waals surface area contributed by atoms with Crippen LogP contribution in [0.5, 0.6) is 0 Å². The van der Waals surface area contributed by atoms with Crippen molar-refractivity contribution in [2.75, 3.05) is 0 Å². The molecule has 3 aliphatic rings. The minimum absolute atomic E-state index is 0.0104. The van der Waals surface area contributed by atoms with Crippen LogP contribution < -0.4 is 0 Å². The Kier molecular flexibility index (Phi) is 2.81. The third kappa shape index (κ3) is 1.77. The Morgan fingerprint density at radius 2 is 1.71 bits per heavy atom. The average molecular weight is 236 g/mol. The van der Waals surface area contributed by atoms with E-state index in [1.165, 1.54) is 25.7 Å². The van der Waals surface area contributed by atoms with Gasteiger partial charge in [0, 0.05) is 0 Å². The van der Waals surface area contributed by atoms with Crippen LogP contribution in [0.2, 0.25) is 0 Å². The highest BCUT2D eigenvalue weighted by Gasteiger charge is 2.56. The van der Waals surface area contributed by atoms with E-state index in [2.05, 4.69) is 20.8 Å². The van der Waals surface area contributed by atoms with Crippen molar-refractivity contribution in [3.63, 3.8) is 0 Å². The van der Waals surface area contributed by atoms with E-state index in [0.29, 0.717) is 5.41 Å². The minimum Gasteiger partial charge on any atom is -0.393 e. The number of fused-ring (bicyclic) bond motifs is 2. The van der Waals surface area contributed by atoms with Gasteiger partial charge in [0.2, 0.25) is 0 Å². The van der Waals surface area contributed by atoms with Gasteiger partial charge in [-0.15, -0.1) is 0 Å². The molecule has 0 spiro atoms. The maximum atomic E-state index is 9.88. The summed E-state index contributed by atoms with van der Waals surface area (Å²) in [7, 11) is 0. The highest BCUT2D eigenvalue weighted by molar-refractivity contribution is 5.05. The molecule has 0 aromatic heterocycles. The molecule has 0 saturated heterocycles. The molecule has 3 fully saturated rings. The molecule has 0 aliphatic heterocycles. The lowest BCUT2D eigenvalue weighted by Gasteiger charge is -2.44. The zero-order valence-corrected chi connectivity index (χ0v) is 11.7. The quantitative estimate of drug-likeness (QED) is 0.733. The first-order valence-corrected chi connectivity index (χ1v) is 7.68. The summed E-state index contributed by atoms with van der Waals surface area (Å²) in [5.74, 6) is 4.60. The molecule has 3 rings (SSSR count). The summed E-state index contributed by atoms with van der Waals surface area (Å²) in [4.78, 5) is 0. The van der Waals surface area contributed by atoms with Crippen molar-refractivity contribution in [2.45, 2.75) is 65.4 Å². The Morgan fingerprint density at radius 1 is 1.00 bits per heavy atom. The highest BCUT2D eigenvalue weighted by Crippen LogP contribution is 2.63. The summed E-state index contributed by atoms with van der Waals surface area (Å²) in [6.07, 6.45) is 7.75. The molecule has 0 unspecified atom stereocenters. The smallest absolute Gasteiger partial charge is 0.0543 e. The fraction of sp³-hybridized carbons (Fsp3) is 1.00. The van der Waals surface area contributed by atoms with Crippen LogP contribution in [-0.4, -0.2) is 11.2 Å². The standard InChI is InChI=1S/C16H28O/c1-10-14-8-12(16(10,2)3)9-15(14)11-5-4-6-13(17)7-11/h10-15,17H,4-9H2,1-3H3/t10-,11-,12+,13+,14+,15+/m0/s1. The zero-order valence-electron chi connectivity index (χ0n) is 11.7. The number of hydrogen-bond acceptors (Lipinski definition) is 1. The number of rotatable bonds is 1. The predicted molar refractivity (Wildman–Crippen MR) is 70.6 cm³/mol. The van der Waals surface area contributed by atoms with Crippen LogP contribution in [0, 0.1) is 35.0 Å². The largest absolute Gasteiger partial charge is 0.393 e. The molecule has 1 nitrogen and oxygen atoms in total. The van der Waals surface area contributed by atoms with Crippen molar-refractivity contribution in [2.24, 2.45) is 35.0 Å². The molecule has 1 heteroatoms. The van der Waals surface area contributed by atoms with Gasteiger partial charge in [-0.1, -0.05) is 27.2 Å². The first kappa shape index (κ1) is 12.0. The van der Waals surface area contributed by atoms with Crippen molar-refractivity contribution in [1.82, 2.24) is 0 Å². The van der Waals surface area contributed by atoms with E-state index in [4.69, 9.17) is 0 Å². The molecule has 0 aromatic rings. The summed E-state index contributed by atoms with van der Waals surface area (Å²) in [5.41, 5.74) is 0.578. The molecule has 3 aliphatic carbocycles. The van der Waals surface area contributed by atoms with Gasteiger partial charge in [0.25, 0.3) is 0 Å². The SMILES string of the molecule is C[C@H]1[C@H]2C[C@H](C[C@@H]2[C@H]2CCC[C@@H](O)C2)C1(C)C. The van der Waals surface area contributed by atoms with Crippen molar-refractivity contribution in [1.29, 1.82) is 0 Å². The monoisotopic (exact) mass is 236 g/mol. The third-order valence-corrected chi connectivity index (χ3v) is 6.82. The second-order valence-corrected chi connectivity index (χ2v) is 7.69. The summed E-state index contributed by atoms with van der Waals surface area (Å²) >= 11 is 0. The minimum atomic E-state index is 0.0104. The second kappa shape index (κ2) is 3.98. The van der Waals surface area contributed by atoms with Crippen LogP contribution in [-0.2, 0) is 0 Å². The normalized spacial score (nSPS) is 52.9. The molecule has 98 valence electrons. The molecule has 6 atom stereocenters. The lowest BCUT2D eigenvalue weighted by Crippen LogP contribution is -2.37. The summed E-state index contributed by atoms with van der Waals surface area (Å²) in [6, 6.07) is 0. The molecular weight excluding hydrogens is 208 g/mol.